The number of hydrogen-bond donors (Lipinski definition) is 1. The minimum absolute atomic E-state index is 0.0991. The fourth-order valence-electron chi connectivity index (χ4n) is 2.92. The number of hydrogen-bond acceptors (Lipinski definition) is 3. The summed E-state index contributed by atoms with van der Waals surface area (Å²) in [6.45, 7) is 6.92. The van der Waals surface area contributed by atoms with Crippen molar-refractivity contribution in [1.29, 1.82) is 0 Å². The van der Waals surface area contributed by atoms with E-state index in [1.54, 1.807) is 4.68 Å². The summed E-state index contributed by atoms with van der Waals surface area (Å²) in [5.41, 5.74) is 2.53. The van der Waals surface area contributed by atoms with Crippen LogP contribution in [0, 0.1) is 19.8 Å². The lowest BCUT2D eigenvalue weighted by Crippen LogP contribution is -2.33. The van der Waals surface area contributed by atoms with Gasteiger partial charge >= 0.3 is 0 Å². The molecule has 0 aliphatic carbocycles. The first kappa shape index (κ1) is 15.0. The lowest BCUT2D eigenvalue weighted by atomic mass is 9.94. The standard InChI is InChI=1S/C15H26N4O/c1-11-14(12(2)19(4)17-11)15(20)18(3)10-7-13-5-8-16-9-6-13/h13,16H,5-10H2,1-4H3. The molecule has 112 valence electrons. The molecule has 0 saturated carbocycles. The molecule has 0 unspecified atom stereocenters. The molecule has 1 fully saturated rings. The van der Waals surface area contributed by atoms with Gasteiger partial charge in [0.25, 0.3) is 5.91 Å². The third-order valence-electron chi connectivity index (χ3n) is 4.40. The number of nitrogens with one attached hydrogen (secondary N) is 1. The summed E-state index contributed by atoms with van der Waals surface area (Å²) in [6.07, 6.45) is 3.56. The van der Waals surface area contributed by atoms with Gasteiger partial charge in [-0.25, -0.2) is 0 Å². The van der Waals surface area contributed by atoms with E-state index in [0.717, 1.165) is 48.9 Å². The summed E-state index contributed by atoms with van der Waals surface area (Å²) in [4.78, 5) is 14.4. The van der Waals surface area contributed by atoms with Gasteiger partial charge in [0.1, 0.15) is 0 Å². The van der Waals surface area contributed by atoms with Crippen molar-refractivity contribution in [2.24, 2.45) is 13.0 Å². The van der Waals surface area contributed by atoms with Crippen molar-refractivity contribution in [3.8, 4) is 0 Å². The molecule has 1 aromatic heterocycles. The van der Waals surface area contributed by atoms with Gasteiger partial charge in [-0.05, 0) is 52.1 Å². The number of piperidine rings is 1. The van der Waals surface area contributed by atoms with E-state index in [0.29, 0.717) is 0 Å². The number of rotatable bonds is 4. The van der Waals surface area contributed by atoms with Crippen LogP contribution >= 0.6 is 0 Å². The number of amides is 1. The van der Waals surface area contributed by atoms with Crippen LogP contribution in [0.1, 0.15) is 41.0 Å². The van der Waals surface area contributed by atoms with Crippen molar-refractivity contribution in [3.05, 3.63) is 17.0 Å². The molecule has 0 atom stereocenters. The van der Waals surface area contributed by atoms with Crippen LogP contribution in [0.4, 0.5) is 0 Å². The molecular weight excluding hydrogens is 252 g/mol. The lowest BCUT2D eigenvalue weighted by Gasteiger charge is -2.25. The fraction of sp³-hybridized carbons (Fsp3) is 0.733. The van der Waals surface area contributed by atoms with E-state index in [9.17, 15) is 4.79 Å². The molecule has 0 bridgehead atoms. The molecule has 5 heteroatoms. The van der Waals surface area contributed by atoms with Crippen molar-refractivity contribution in [3.63, 3.8) is 0 Å². The van der Waals surface area contributed by atoms with E-state index in [-0.39, 0.29) is 5.91 Å². The molecule has 1 saturated heterocycles. The Balaban J connectivity index is 1.94. The van der Waals surface area contributed by atoms with Crippen LogP contribution in [0.5, 0.6) is 0 Å². The van der Waals surface area contributed by atoms with Gasteiger partial charge in [0, 0.05) is 26.3 Å². The Morgan fingerprint density at radius 3 is 2.60 bits per heavy atom. The van der Waals surface area contributed by atoms with Crippen molar-refractivity contribution in [2.75, 3.05) is 26.7 Å². The second-order valence-electron chi connectivity index (χ2n) is 5.88. The molecule has 20 heavy (non-hydrogen) atoms. The van der Waals surface area contributed by atoms with Gasteiger partial charge < -0.3 is 10.2 Å². The van der Waals surface area contributed by atoms with Gasteiger partial charge in [-0.15, -0.1) is 0 Å². The first-order valence-electron chi connectivity index (χ1n) is 7.47. The maximum absolute atomic E-state index is 12.5. The lowest BCUT2D eigenvalue weighted by molar-refractivity contribution is 0.0783. The van der Waals surface area contributed by atoms with Crippen LogP contribution in [-0.4, -0.2) is 47.3 Å². The number of carbonyl (C=O) groups is 1. The van der Waals surface area contributed by atoms with Gasteiger partial charge in [-0.3, -0.25) is 9.48 Å². The zero-order valence-electron chi connectivity index (χ0n) is 13.1. The summed E-state index contributed by atoms with van der Waals surface area (Å²) in [5.74, 6) is 0.852. The Labute approximate surface area is 121 Å². The molecule has 1 aliphatic heterocycles. The molecule has 1 amide bonds. The third-order valence-corrected chi connectivity index (χ3v) is 4.40. The first-order chi connectivity index (χ1) is 9.50. The van der Waals surface area contributed by atoms with Crippen LogP contribution in [0.15, 0.2) is 0 Å². The van der Waals surface area contributed by atoms with Crippen molar-refractivity contribution in [1.82, 2.24) is 20.0 Å². The predicted molar refractivity (Wildman–Crippen MR) is 79.9 cm³/mol. The van der Waals surface area contributed by atoms with Crippen molar-refractivity contribution >= 4 is 5.91 Å². The molecule has 1 aromatic rings. The predicted octanol–water partition coefficient (Wildman–Crippen LogP) is 1.50. The van der Waals surface area contributed by atoms with Gasteiger partial charge in [-0.1, -0.05) is 0 Å². The molecule has 2 heterocycles. The SMILES string of the molecule is Cc1nn(C)c(C)c1C(=O)N(C)CCC1CCNCC1. The highest BCUT2D eigenvalue weighted by atomic mass is 16.2. The molecule has 0 spiro atoms. The van der Waals surface area contributed by atoms with Crippen LogP contribution in [0.3, 0.4) is 0 Å². The molecule has 1 N–H and O–H groups in total. The normalized spacial score (nSPS) is 16.4. The maximum atomic E-state index is 12.5. The zero-order valence-corrected chi connectivity index (χ0v) is 13.1. The van der Waals surface area contributed by atoms with E-state index in [2.05, 4.69) is 10.4 Å². The highest BCUT2D eigenvalue weighted by Crippen LogP contribution is 2.18. The largest absolute Gasteiger partial charge is 0.342 e. The van der Waals surface area contributed by atoms with Crippen LogP contribution in [-0.2, 0) is 7.05 Å². The summed E-state index contributed by atoms with van der Waals surface area (Å²) in [5, 5.41) is 7.70. The summed E-state index contributed by atoms with van der Waals surface area (Å²) in [6, 6.07) is 0. The average molecular weight is 278 g/mol. The van der Waals surface area contributed by atoms with Crippen LogP contribution in [0.2, 0.25) is 0 Å². The highest BCUT2D eigenvalue weighted by molar-refractivity contribution is 5.96. The smallest absolute Gasteiger partial charge is 0.257 e. The minimum atomic E-state index is 0.0991. The van der Waals surface area contributed by atoms with E-state index in [4.69, 9.17) is 0 Å². The fourth-order valence-corrected chi connectivity index (χ4v) is 2.92. The summed E-state index contributed by atoms with van der Waals surface area (Å²) < 4.78 is 1.78. The number of aromatic nitrogens is 2. The van der Waals surface area contributed by atoms with E-state index in [1.807, 2.05) is 32.8 Å². The van der Waals surface area contributed by atoms with Gasteiger partial charge in [-0.2, -0.15) is 5.10 Å². The maximum Gasteiger partial charge on any atom is 0.257 e. The van der Waals surface area contributed by atoms with Gasteiger partial charge in [0.15, 0.2) is 0 Å². The summed E-state index contributed by atoms with van der Waals surface area (Å²) in [7, 11) is 3.78. The second-order valence-corrected chi connectivity index (χ2v) is 5.88. The Morgan fingerprint density at radius 1 is 1.40 bits per heavy atom. The van der Waals surface area contributed by atoms with E-state index >= 15 is 0 Å². The van der Waals surface area contributed by atoms with E-state index < -0.39 is 0 Å². The summed E-state index contributed by atoms with van der Waals surface area (Å²) >= 11 is 0. The molecule has 1 aliphatic rings. The quantitative estimate of drug-likeness (QED) is 0.908. The van der Waals surface area contributed by atoms with Crippen LogP contribution < -0.4 is 5.32 Å². The minimum Gasteiger partial charge on any atom is -0.342 e. The Morgan fingerprint density at radius 2 is 2.05 bits per heavy atom. The molecule has 0 aromatic carbocycles. The molecule has 5 nitrogen and oxygen atoms in total. The van der Waals surface area contributed by atoms with Gasteiger partial charge in [0.2, 0.25) is 0 Å². The highest BCUT2D eigenvalue weighted by Gasteiger charge is 2.21. The van der Waals surface area contributed by atoms with Crippen molar-refractivity contribution < 1.29 is 4.79 Å². The van der Waals surface area contributed by atoms with E-state index in [1.165, 1.54) is 12.8 Å². The van der Waals surface area contributed by atoms with Gasteiger partial charge in [0.05, 0.1) is 11.3 Å². The molecule has 0 radical (unpaired) electrons. The second kappa shape index (κ2) is 6.39. The number of carbonyl (C=O) groups excluding carboxylic acids is 1. The molecular formula is C15H26N4O. The third kappa shape index (κ3) is 3.20. The Bertz CT molecular complexity index is 474. The van der Waals surface area contributed by atoms with Crippen molar-refractivity contribution in [2.45, 2.75) is 33.1 Å². The topological polar surface area (TPSA) is 50.2 Å². The number of nitrogens with zero attached hydrogens (tertiary/aromatic N) is 3. The Hall–Kier alpha value is -1.36. The first-order valence-corrected chi connectivity index (χ1v) is 7.47. The van der Waals surface area contributed by atoms with Crippen LogP contribution in [0.25, 0.3) is 0 Å². The zero-order chi connectivity index (χ0) is 14.7. The monoisotopic (exact) mass is 278 g/mol. The average Bonchev–Trinajstić information content (AvgIpc) is 2.70. The molecule has 2 rings (SSSR count). The Kier molecular flexibility index (Phi) is 4.81. The number of aryl methyl sites for hydroxylation is 2.